The maximum absolute atomic E-state index is 12.6. The first-order valence-corrected chi connectivity index (χ1v) is 8.27. The molecule has 0 atom stereocenters. The number of hydrogen-bond donors (Lipinski definition) is 2. The molecule has 0 aliphatic heterocycles. The number of nitrogens with zero attached hydrogens (tertiary/aromatic N) is 2. The molecule has 0 bridgehead atoms. The minimum Gasteiger partial charge on any atom is -0.493 e. The van der Waals surface area contributed by atoms with Crippen LogP contribution in [0.4, 0.5) is 5.69 Å². The predicted octanol–water partition coefficient (Wildman–Crippen LogP) is 2.46. The molecule has 134 valence electrons. The van der Waals surface area contributed by atoms with Crippen molar-refractivity contribution in [2.24, 2.45) is 13.0 Å². The Kier molecular flexibility index (Phi) is 6.16. The minimum atomic E-state index is -0.352. The Hall–Kier alpha value is -2.83. The molecule has 25 heavy (non-hydrogen) atoms. The molecule has 1 heterocycles. The molecular weight excluding hydrogens is 320 g/mol. The Morgan fingerprint density at radius 1 is 1.24 bits per heavy atom. The Labute approximate surface area is 147 Å². The summed E-state index contributed by atoms with van der Waals surface area (Å²) < 4.78 is 6.93. The Morgan fingerprint density at radius 2 is 1.96 bits per heavy atom. The lowest BCUT2D eigenvalue weighted by Crippen LogP contribution is -2.30. The summed E-state index contributed by atoms with van der Waals surface area (Å²) >= 11 is 0. The zero-order valence-electron chi connectivity index (χ0n) is 15.0. The van der Waals surface area contributed by atoms with E-state index in [1.807, 2.05) is 20.8 Å². The Bertz CT molecular complexity index is 753. The van der Waals surface area contributed by atoms with Crippen molar-refractivity contribution in [3.05, 3.63) is 41.7 Å². The molecular formula is C18H24N4O3. The number of hydrogen-bond acceptors (Lipinski definition) is 4. The number of rotatable bonds is 7. The van der Waals surface area contributed by atoms with Crippen LogP contribution in [0.2, 0.25) is 0 Å². The van der Waals surface area contributed by atoms with E-state index in [1.165, 1.54) is 10.9 Å². The van der Waals surface area contributed by atoms with Crippen LogP contribution in [0.1, 0.15) is 41.6 Å². The van der Waals surface area contributed by atoms with E-state index in [1.54, 1.807) is 31.3 Å². The summed E-state index contributed by atoms with van der Waals surface area (Å²) in [6.45, 7) is 6.88. The summed E-state index contributed by atoms with van der Waals surface area (Å²) in [5.41, 5.74) is 1.07. The topological polar surface area (TPSA) is 85.2 Å². The third kappa shape index (κ3) is 4.59. The first kappa shape index (κ1) is 18.5. The molecule has 0 fully saturated rings. The molecule has 0 saturated carbocycles. The minimum absolute atomic E-state index is 0.276. The number of amides is 2. The third-order valence-electron chi connectivity index (χ3n) is 3.50. The van der Waals surface area contributed by atoms with E-state index in [4.69, 9.17) is 4.74 Å². The van der Waals surface area contributed by atoms with Gasteiger partial charge in [0.05, 0.1) is 24.1 Å². The van der Waals surface area contributed by atoms with Crippen molar-refractivity contribution in [3.63, 3.8) is 0 Å². The second kappa shape index (κ2) is 8.32. The standard InChI is InChI=1S/C18H24N4O3/c1-5-25-15-9-7-6-8-13(15)17(23)21-14-11-20-22(4)16(14)18(24)19-10-12(2)3/h6-9,11-12H,5,10H2,1-4H3,(H,19,24)(H,21,23). The fraction of sp³-hybridized carbons (Fsp3) is 0.389. The number of carbonyl (C=O) groups is 2. The van der Waals surface area contributed by atoms with Crippen molar-refractivity contribution in [1.82, 2.24) is 15.1 Å². The summed E-state index contributed by atoms with van der Waals surface area (Å²) in [5.74, 6) is 0.197. The van der Waals surface area contributed by atoms with Gasteiger partial charge in [0.2, 0.25) is 0 Å². The van der Waals surface area contributed by atoms with Crippen LogP contribution in [0.15, 0.2) is 30.5 Å². The SMILES string of the molecule is CCOc1ccccc1C(=O)Nc1cnn(C)c1C(=O)NCC(C)C. The first-order chi connectivity index (χ1) is 11.9. The van der Waals surface area contributed by atoms with E-state index in [9.17, 15) is 9.59 Å². The van der Waals surface area contributed by atoms with Crippen molar-refractivity contribution in [1.29, 1.82) is 0 Å². The lowest BCUT2D eigenvalue weighted by Gasteiger charge is -2.12. The lowest BCUT2D eigenvalue weighted by atomic mass is 10.2. The van der Waals surface area contributed by atoms with Crippen LogP contribution in [0, 0.1) is 5.92 Å². The van der Waals surface area contributed by atoms with Gasteiger partial charge >= 0.3 is 0 Å². The van der Waals surface area contributed by atoms with Gasteiger partial charge in [0.1, 0.15) is 11.4 Å². The highest BCUT2D eigenvalue weighted by Crippen LogP contribution is 2.21. The van der Waals surface area contributed by atoms with E-state index in [2.05, 4.69) is 15.7 Å². The molecule has 0 aliphatic rings. The maximum Gasteiger partial charge on any atom is 0.271 e. The van der Waals surface area contributed by atoms with Gasteiger partial charge in [-0.3, -0.25) is 14.3 Å². The Morgan fingerprint density at radius 3 is 2.64 bits per heavy atom. The molecule has 1 aromatic carbocycles. The number of carbonyl (C=O) groups excluding carboxylic acids is 2. The second-order valence-corrected chi connectivity index (χ2v) is 6.02. The number of benzene rings is 1. The van der Waals surface area contributed by atoms with E-state index in [-0.39, 0.29) is 11.8 Å². The van der Waals surface area contributed by atoms with Crippen molar-refractivity contribution >= 4 is 17.5 Å². The van der Waals surface area contributed by atoms with Crippen LogP contribution in [-0.2, 0) is 7.05 Å². The van der Waals surface area contributed by atoms with Gasteiger partial charge < -0.3 is 15.4 Å². The van der Waals surface area contributed by atoms with Crippen LogP contribution in [0.3, 0.4) is 0 Å². The van der Waals surface area contributed by atoms with Gasteiger partial charge in [-0.1, -0.05) is 26.0 Å². The number of aryl methyl sites for hydroxylation is 1. The first-order valence-electron chi connectivity index (χ1n) is 8.27. The van der Waals surface area contributed by atoms with Gasteiger partial charge in [0, 0.05) is 13.6 Å². The number of ether oxygens (including phenoxy) is 1. The predicted molar refractivity (Wildman–Crippen MR) is 95.9 cm³/mol. The van der Waals surface area contributed by atoms with E-state index >= 15 is 0 Å². The number of para-hydroxylation sites is 1. The zero-order valence-corrected chi connectivity index (χ0v) is 15.0. The van der Waals surface area contributed by atoms with E-state index in [0.29, 0.717) is 41.8 Å². The van der Waals surface area contributed by atoms with Crippen LogP contribution in [0.25, 0.3) is 0 Å². The van der Waals surface area contributed by atoms with E-state index < -0.39 is 0 Å². The van der Waals surface area contributed by atoms with Crippen molar-refractivity contribution in [3.8, 4) is 5.75 Å². The monoisotopic (exact) mass is 344 g/mol. The van der Waals surface area contributed by atoms with E-state index in [0.717, 1.165) is 0 Å². The molecule has 2 rings (SSSR count). The van der Waals surface area contributed by atoms with Crippen molar-refractivity contribution in [2.75, 3.05) is 18.5 Å². The molecule has 2 aromatic rings. The van der Waals surface area contributed by atoms with Gasteiger partial charge in [-0.2, -0.15) is 5.10 Å². The quantitative estimate of drug-likeness (QED) is 0.808. The highest BCUT2D eigenvalue weighted by atomic mass is 16.5. The fourth-order valence-corrected chi connectivity index (χ4v) is 2.30. The molecule has 2 amide bonds. The van der Waals surface area contributed by atoms with Crippen LogP contribution >= 0.6 is 0 Å². The fourth-order valence-electron chi connectivity index (χ4n) is 2.30. The number of anilines is 1. The summed E-state index contributed by atoms with van der Waals surface area (Å²) in [4.78, 5) is 25.0. The number of aromatic nitrogens is 2. The summed E-state index contributed by atoms with van der Waals surface area (Å²) in [6, 6.07) is 6.97. The average Bonchev–Trinajstić information content (AvgIpc) is 2.94. The molecule has 0 saturated heterocycles. The van der Waals surface area contributed by atoms with Gasteiger partial charge in [0.15, 0.2) is 0 Å². The van der Waals surface area contributed by atoms with Crippen LogP contribution < -0.4 is 15.4 Å². The Balaban J connectivity index is 2.21. The highest BCUT2D eigenvalue weighted by Gasteiger charge is 2.20. The summed E-state index contributed by atoms with van der Waals surface area (Å²) in [7, 11) is 1.66. The average molecular weight is 344 g/mol. The highest BCUT2D eigenvalue weighted by molar-refractivity contribution is 6.09. The molecule has 0 spiro atoms. The molecule has 0 aliphatic carbocycles. The maximum atomic E-state index is 12.6. The van der Waals surface area contributed by atoms with Gasteiger partial charge in [0.25, 0.3) is 11.8 Å². The number of nitrogens with one attached hydrogen (secondary N) is 2. The third-order valence-corrected chi connectivity index (χ3v) is 3.50. The van der Waals surface area contributed by atoms with Gasteiger partial charge in [-0.05, 0) is 25.0 Å². The van der Waals surface area contributed by atoms with Gasteiger partial charge in [-0.15, -0.1) is 0 Å². The van der Waals surface area contributed by atoms with Gasteiger partial charge in [-0.25, -0.2) is 0 Å². The molecule has 7 heteroatoms. The molecule has 0 unspecified atom stereocenters. The summed E-state index contributed by atoms with van der Waals surface area (Å²) in [5, 5.41) is 9.67. The second-order valence-electron chi connectivity index (χ2n) is 6.02. The smallest absolute Gasteiger partial charge is 0.271 e. The molecule has 2 N–H and O–H groups in total. The van der Waals surface area contributed by atoms with Crippen molar-refractivity contribution < 1.29 is 14.3 Å². The van der Waals surface area contributed by atoms with Crippen molar-refractivity contribution in [2.45, 2.75) is 20.8 Å². The molecule has 0 radical (unpaired) electrons. The normalized spacial score (nSPS) is 10.6. The molecule has 7 nitrogen and oxygen atoms in total. The molecule has 1 aromatic heterocycles. The largest absolute Gasteiger partial charge is 0.493 e. The van der Waals surface area contributed by atoms with Crippen LogP contribution in [0.5, 0.6) is 5.75 Å². The van der Waals surface area contributed by atoms with Crippen LogP contribution in [-0.4, -0.2) is 34.7 Å². The zero-order chi connectivity index (χ0) is 18.4. The summed E-state index contributed by atoms with van der Waals surface area (Å²) in [6.07, 6.45) is 1.46. The lowest BCUT2D eigenvalue weighted by molar-refractivity contribution is 0.0940.